The molecular weight excluding hydrogens is 405 g/mol. The van der Waals surface area contributed by atoms with E-state index >= 15 is 0 Å². The van der Waals surface area contributed by atoms with Crippen LogP contribution in [-0.4, -0.2) is 34.0 Å². The fourth-order valence-corrected chi connectivity index (χ4v) is 3.80. The Morgan fingerprint density at radius 2 is 1.97 bits per heavy atom. The highest BCUT2D eigenvalue weighted by molar-refractivity contribution is 5.93. The van der Waals surface area contributed by atoms with Gasteiger partial charge < -0.3 is 14.2 Å². The van der Waals surface area contributed by atoms with Gasteiger partial charge in [-0.05, 0) is 73.2 Å². The van der Waals surface area contributed by atoms with Crippen molar-refractivity contribution in [2.45, 2.75) is 26.2 Å². The number of ether oxygens (including phenoxy) is 1. The third kappa shape index (κ3) is 4.97. The average Bonchev–Trinajstić information content (AvgIpc) is 3.09. The Bertz CT molecular complexity index is 1160. The summed E-state index contributed by atoms with van der Waals surface area (Å²) in [6.45, 7) is 2.60. The van der Waals surface area contributed by atoms with Crippen LogP contribution in [0, 0.1) is 12.7 Å². The molecule has 32 heavy (non-hydrogen) atoms. The third-order valence-electron chi connectivity index (χ3n) is 5.52. The largest absolute Gasteiger partial charge is 0.495 e. The summed E-state index contributed by atoms with van der Waals surface area (Å²) >= 11 is 0. The molecule has 0 atom stereocenters. The molecule has 0 bridgehead atoms. The number of rotatable bonds is 5. The van der Waals surface area contributed by atoms with E-state index in [-0.39, 0.29) is 11.7 Å². The summed E-state index contributed by atoms with van der Waals surface area (Å²) in [4.78, 5) is 18.9. The van der Waals surface area contributed by atoms with Crippen LogP contribution >= 0.6 is 0 Å². The molecule has 0 fully saturated rings. The molecule has 4 rings (SSSR count). The van der Waals surface area contributed by atoms with Crippen molar-refractivity contribution >= 4 is 17.6 Å². The molecule has 5 nitrogen and oxygen atoms in total. The molecule has 0 N–H and O–H groups in total. The lowest BCUT2D eigenvalue weighted by atomic mass is 10.0. The Hall–Kier alpha value is -3.67. The Labute approximate surface area is 187 Å². The van der Waals surface area contributed by atoms with E-state index in [9.17, 15) is 9.18 Å². The van der Waals surface area contributed by atoms with E-state index in [1.54, 1.807) is 42.6 Å². The second-order valence-corrected chi connectivity index (χ2v) is 7.84. The number of hydrogen-bond donors (Lipinski definition) is 0. The highest BCUT2D eigenvalue weighted by atomic mass is 19.1. The highest BCUT2D eigenvalue weighted by Gasteiger charge is 2.15. The number of allylic oxidation sites excluding steroid dienone is 1. The minimum absolute atomic E-state index is 0.0835. The molecule has 164 valence electrons. The monoisotopic (exact) mass is 431 g/mol. The molecule has 6 heteroatoms. The van der Waals surface area contributed by atoms with Crippen LogP contribution < -0.4 is 4.74 Å². The van der Waals surface area contributed by atoms with Gasteiger partial charge in [0, 0.05) is 25.0 Å². The van der Waals surface area contributed by atoms with E-state index in [4.69, 9.17) is 4.74 Å². The number of nitrogens with zero attached hydrogens (tertiary/aromatic N) is 3. The van der Waals surface area contributed by atoms with Crippen molar-refractivity contribution in [3.63, 3.8) is 0 Å². The number of methoxy groups -OCH3 is 1. The topological polar surface area (TPSA) is 47.4 Å². The maximum Gasteiger partial charge on any atom is 0.250 e. The molecule has 0 radical (unpaired) electrons. The van der Waals surface area contributed by atoms with Crippen LogP contribution in [0.5, 0.6) is 5.75 Å². The van der Waals surface area contributed by atoms with E-state index in [1.165, 1.54) is 12.1 Å². The maximum absolute atomic E-state index is 13.3. The molecule has 1 aliphatic rings. The van der Waals surface area contributed by atoms with Gasteiger partial charge in [-0.25, -0.2) is 9.37 Å². The van der Waals surface area contributed by atoms with Crippen LogP contribution in [0.3, 0.4) is 0 Å². The molecule has 0 spiro atoms. The van der Waals surface area contributed by atoms with E-state index in [1.807, 2.05) is 42.1 Å². The number of halogens is 1. The molecule has 0 aliphatic carbocycles. The lowest BCUT2D eigenvalue weighted by molar-refractivity contribution is -0.123. The van der Waals surface area contributed by atoms with Crippen molar-refractivity contribution in [3.05, 3.63) is 89.9 Å². The van der Waals surface area contributed by atoms with Gasteiger partial charge in [0.15, 0.2) is 0 Å². The number of aromatic nitrogens is 2. The number of carbonyl (C=O) groups is 1. The Morgan fingerprint density at radius 3 is 2.69 bits per heavy atom. The minimum Gasteiger partial charge on any atom is -0.495 e. The molecule has 0 saturated carbocycles. The zero-order chi connectivity index (χ0) is 22.5. The van der Waals surface area contributed by atoms with Crippen molar-refractivity contribution in [3.8, 4) is 11.4 Å². The molecule has 1 aliphatic heterocycles. The minimum atomic E-state index is -0.261. The summed E-state index contributed by atoms with van der Waals surface area (Å²) in [7, 11) is 1.63. The standard InChI is InChI=1S/C26H26FN3O2/c1-19-16-30(18-28-19)24-12-6-20(15-25(24)32-2)7-13-26(31)29-14-4-3-5-22(17-29)21-8-10-23(27)11-9-21/h6-13,15-18H,3-5,14H2,1-2H3/b13-7+. The van der Waals surface area contributed by atoms with Gasteiger partial charge in [0.2, 0.25) is 0 Å². The molecule has 2 aromatic carbocycles. The Kier molecular flexibility index (Phi) is 6.50. The molecule has 0 unspecified atom stereocenters. The first kappa shape index (κ1) is 21.6. The van der Waals surface area contributed by atoms with Crippen LogP contribution in [0.15, 0.2) is 67.3 Å². The molecular formula is C26H26FN3O2. The van der Waals surface area contributed by atoms with Crippen molar-refractivity contribution in [1.29, 1.82) is 0 Å². The van der Waals surface area contributed by atoms with E-state index in [0.29, 0.717) is 12.3 Å². The van der Waals surface area contributed by atoms with E-state index in [2.05, 4.69) is 4.98 Å². The number of hydrogen-bond acceptors (Lipinski definition) is 3. The quantitative estimate of drug-likeness (QED) is 0.509. The third-order valence-corrected chi connectivity index (χ3v) is 5.52. The van der Waals surface area contributed by atoms with Gasteiger partial charge in [-0.2, -0.15) is 0 Å². The first-order valence-corrected chi connectivity index (χ1v) is 10.7. The SMILES string of the molecule is COc1cc(/C=C/C(=O)N2C=C(c3ccc(F)cc3)CCCC2)ccc1-n1cnc(C)c1. The van der Waals surface area contributed by atoms with Gasteiger partial charge >= 0.3 is 0 Å². The second kappa shape index (κ2) is 9.64. The van der Waals surface area contributed by atoms with Crippen molar-refractivity contribution in [2.24, 2.45) is 0 Å². The number of benzene rings is 2. The number of imidazole rings is 1. The van der Waals surface area contributed by atoms with Crippen LogP contribution in [0.2, 0.25) is 0 Å². The van der Waals surface area contributed by atoms with Crippen molar-refractivity contribution in [1.82, 2.24) is 14.5 Å². The summed E-state index contributed by atoms with van der Waals surface area (Å²) in [6, 6.07) is 12.2. The molecule has 0 saturated heterocycles. The smallest absolute Gasteiger partial charge is 0.250 e. The number of carbonyl (C=O) groups excluding carboxylic acids is 1. The first-order valence-electron chi connectivity index (χ1n) is 10.7. The lowest BCUT2D eigenvalue weighted by Gasteiger charge is -2.16. The normalized spacial score (nSPS) is 14.3. The molecule has 3 aromatic rings. The zero-order valence-corrected chi connectivity index (χ0v) is 18.3. The van der Waals surface area contributed by atoms with Gasteiger partial charge in [0.05, 0.1) is 24.8 Å². The fraction of sp³-hybridized carbons (Fsp3) is 0.231. The van der Waals surface area contributed by atoms with Gasteiger partial charge in [0.1, 0.15) is 11.6 Å². The van der Waals surface area contributed by atoms with E-state index in [0.717, 1.165) is 47.3 Å². The van der Waals surface area contributed by atoms with Crippen LogP contribution in [0.25, 0.3) is 17.3 Å². The predicted molar refractivity (Wildman–Crippen MR) is 124 cm³/mol. The summed E-state index contributed by atoms with van der Waals surface area (Å²) in [6.07, 6.45) is 11.7. The molecule has 2 heterocycles. The summed E-state index contributed by atoms with van der Waals surface area (Å²) in [5.41, 5.74) is 4.67. The average molecular weight is 432 g/mol. The molecule has 1 amide bonds. The molecule has 1 aromatic heterocycles. The summed E-state index contributed by atoms with van der Waals surface area (Å²) in [5, 5.41) is 0. The maximum atomic E-state index is 13.3. The number of aryl methyl sites for hydroxylation is 1. The van der Waals surface area contributed by atoms with E-state index < -0.39 is 0 Å². The first-order chi connectivity index (χ1) is 15.5. The highest BCUT2D eigenvalue weighted by Crippen LogP contribution is 2.27. The van der Waals surface area contributed by atoms with Crippen molar-refractivity contribution < 1.29 is 13.9 Å². The van der Waals surface area contributed by atoms with Crippen LogP contribution in [-0.2, 0) is 4.79 Å². The Balaban J connectivity index is 1.52. The van der Waals surface area contributed by atoms with Gasteiger partial charge in [-0.3, -0.25) is 4.79 Å². The van der Waals surface area contributed by atoms with Crippen LogP contribution in [0.4, 0.5) is 4.39 Å². The summed E-state index contributed by atoms with van der Waals surface area (Å²) < 4.78 is 20.7. The fourth-order valence-electron chi connectivity index (χ4n) is 3.80. The Morgan fingerprint density at radius 1 is 1.16 bits per heavy atom. The summed E-state index contributed by atoms with van der Waals surface area (Å²) in [5.74, 6) is 0.355. The zero-order valence-electron chi connectivity index (χ0n) is 18.3. The van der Waals surface area contributed by atoms with Gasteiger partial charge in [-0.15, -0.1) is 0 Å². The van der Waals surface area contributed by atoms with Gasteiger partial charge in [0.25, 0.3) is 5.91 Å². The van der Waals surface area contributed by atoms with Crippen LogP contribution in [0.1, 0.15) is 36.1 Å². The van der Waals surface area contributed by atoms with Gasteiger partial charge in [-0.1, -0.05) is 18.2 Å². The number of amides is 1. The second-order valence-electron chi connectivity index (χ2n) is 7.84. The van der Waals surface area contributed by atoms with Crippen molar-refractivity contribution in [2.75, 3.05) is 13.7 Å². The lowest BCUT2D eigenvalue weighted by Crippen LogP contribution is -2.24. The predicted octanol–water partition coefficient (Wildman–Crippen LogP) is 5.40.